The van der Waals surface area contributed by atoms with Gasteiger partial charge in [0.05, 0.1) is 5.75 Å². The van der Waals surface area contributed by atoms with Crippen molar-refractivity contribution < 1.29 is 9.59 Å². The molecule has 0 aliphatic heterocycles. The van der Waals surface area contributed by atoms with E-state index < -0.39 is 6.04 Å². The van der Waals surface area contributed by atoms with Gasteiger partial charge in [0.2, 0.25) is 11.8 Å². The Balaban J connectivity index is 2.14. The molecule has 2 aromatic rings. The molecule has 2 aromatic carbocycles. The number of thioether (sulfide) groups is 1. The van der Waals surface area contributed by atoms with Crippen LogP contribution in [0.2, 0.25) is 10.0 Å². The zero-order valence-electron chi connectivity index (χ0n) is 15.2. The summed E-state index contributed by atoms with van der Waals surface area (Å²) in [6.45, 7) is 4.36. The molecule has 4 nitrogen and oxygen atoms in total. The van der Waals surface area contributed by atoms with Gasteiger partial charge in [-0.2, -0.15) is 0 Å². The largest absolute Gasteiger partial charge is 0.355 e. The van der Waals surface area contributed by atoms with Gasteiger partial charge in [-0.25, -0.2) is 0 Å². The second kappa shape index (κ2) is 10.6. The second-order valence-corrected chi connectivity index (χ2v) is 7.82. The number of hydrogen-bond acceptors (Lipinski definition) is 3. The van der Waals surface area contributed by atoms with E-state index in [2.05, 4.69) is 5.32 Å². The SMILES string of the molecule is CCNC(=O)[C@@H](C)N(Cc1ccccc1Cl)C(=O)CSc1ccc(Cl)cc1. The minimum absolute atomic E-state index is 0.131. The Hall–Kier alpha value is -1.69. The summed E-state index contributed by atoms with van der Waals surface area (Å²) in [5, 5.41) is 4.00. The van der Waals surface area contributed by atoms with Crippen molar-refractivity contribution in [3.05, 3.63) is 64.1 Å². The van der Waals surface area contributed by atoms with E-state index in [0.29, 0.717) is 16.6 Å². The lowest BCUT2D eigenvalue weighted by Gasteiger charge is -2.29. The Bertz CT molecular complexity index is 784. The fraction of sp³-hybridized carbons (Fsp3) is 0.300. The number of rotatable bonds is 8. The van der Waals surface area contributed by atoms with Crippen molar-refractivity contribution in [3.63, 3.8) is 0 Å². The van der Waals surface area contributed by atoms with Crippen molar-refractivity contribution in [1.29, 1.82) is 0 Å². The van der Waals surface area contributed by atoms with E-state index in [9.17, 15) is 9.59 Å². The molecule has 0 saturated carbocycles. The molecular weight excluding hydrogens is 403 g/mol. The van der Waals surface area contributed by atoms with E-state index >= 15 is 0 Å². The third-order valence-corrected chi connectivity index (χ3v) is 5.61. The third-order valence-electron chi connectivity index (χ3n) is 3.99. The van der Waals surface area contributed by atoms with Crippen LogP contribution in [0.15, 0.2) is 53.4 Å². The van der Waals surface area contributed by atoms with E-state index in [1.54, 1.807) is 30.0 Å². The third kappa shape index (κ3) is 6.45. The van der Waals surface area contributed by atoms with Crippen molar-refractivity contribution in [1.82, 2.24) is 10.2 Å². The molecule has 0 saturated heterocycles. The van der Waals surface area contributed by atoms with Crippen LogP contribution in [0.5, 0.6) is 0 Å². The van der Waals surface area contributed by atoms with Gasteiger partial charge >= 0.3 is 0 Å². The Morgan fingerprint density at radius 2 is 1.78 bits per heavy atom. The molecule has 0 heterocycles. The van der Waals surface area contributed by atoms with Crippen LogP contribution in [-0.2, 0) is 16.1 Å². The molecule has 0 fully saturated rings. The number of benzene rings is 2. The van der Waals surface area contributed by atoms with E-state index in [4.69, 9.17) is 23.2 Å². The highest BCUT2D eigenvalue weighted by Gasteiger charge is 2.26. The maximum atomic E-state index is 12.9. The van der Waals surface area contributed by atoms with Crippen molar-refractivity contribution >= 4 is 46.8 Å². The number of nitrogens with one attached hydrogen (secondary N) is 1. The standard InChI is InChI=1S/C20H22Cl2N2O2S/c1-3-23-20(26)14(2)24(12-15-6-4-5-7-18(15)22)19(25)13-27-17-10-8-16(21)9-11-17/h4-11,14H,3,12-13H2,1-2H3,(H,23,26)/t14-/m1/s1. The van der Waals surface area contributed by atoms with Crippen LogP contribution in [0.4, 0.5) is 0 Å². The molecular formula is C20H22Cl2N2O2S. The first-order valence-electron chi connectivity index (χ1n) is 8.61. The Morgan fingerprint density at radius 3 is 2.41 bits per heavy atom. The average Bonchev–Trinajstić information content (AvgIpc) is 2.66. The molecule has 0 aliphatic rings. The number of carbonyl (C=O) groups excluding carboxylic acids is 2. The fourth-order valence-electron chi connectivity index (χ4n) is 2.47. The van der Waals surface area contributed by atoms with Crippen LogP contribution < -0.4 is 5.32 Å². The van der Waals surface area contributed by atoms with Gasteiger partial charge in [-0.1, -0.05) is 41.4 Å². The van der Waals surface area contributed by atoms with Crippen LogP contribution in [-0.4, -0.2) is 35.1 Å². The number of likely N-dealkylation sites (N-methyl/N-ethyl adjacent to an activating group) is 1. The lowest BCUT2D eigenvalue weighted by atomic mass is 10.1. The summed E-state index contributed by atoms with van der Waals surface area (Å²) in [6.07, 6.45) is 0. The summed E-state index contributed by atoms with van der Waals surface area (Å²) >= 11 is 13.6. The molecule has 0 aromatic heterocycles. The van der Waals surface area contributed by atoms with Gasteiger partial charge in [0, 0.05) is 28.0 Å². The van der Waals surface area contributed by atoms with E-state index in [1.807, 2.05) is 37.3 Å². The topological polar surface area (TPSA) is 49.4 Å². The highest BCUT2D eigenvalue weighted by atomic mass is 35.5. The van der Waals surface area contributed by atoms with E-state index in [0.717, 1.165) is 10.5 Å². The molecule has 1 atom stereocenters. The quantitative estimate of drug-likeness (QED) is 0.627. The summed E-state index contributed by atoms with van der Waals surface area (Å²) in [4.78, 5) is 27.7. The molecule has 2 rings (SSSR count). The van der Waals surface area contributed by atoms with Crippen LogP contribution in [0.3, 0.4) is 0 Å². The fourth-order valence-corrected chi connectivity index (χ4v) is 3.58. The Kier molecular flexibility index (Phi) is 8.48. The van der Waals surface area contributed by atoms with Crippen LogP contribution in [0, 0.1) is 0 Å². The first kappa shape index (κ1) is 21.6. The summed E-state index contributed by atoms with van der Waals surface area (Å²) in [7, 11) is 0. The van der Waals surface area contributed by atoms with Gasteiger partial charge in [0.1, 0.15) is 6.04 Å². The molecule has 7 heteroatoms. The molecule has 0 bridgehead atoms. The molecule has 27 heavy (non-hydrogen) atoms. The molecule has 0 aliphatic carbocycles. The van der Waals surface area contributed by atoms with Gasteiger partial charge < -0.3 is 10.2 Å². The van der Waals surface area contributed by atoms with E-state index in [1.165, 1.54) is 11.8 Å². The molecule has 2 amide bonds. The smallest absolute Gasteiger partial charge is 0.242 e. The van der Waals surface area contributed by atoms with E-state index in [-0.39, 0.29) is 24.1 Å². The van der Waals surface area contributed by atoms with Gasteiger partial charge in [-0.15, -0.1) is 11.8 Å². The number of halogens is 2. The maximum absolute atomic E-state index is 12.9. The predicted octanol–water partition coefficient (Wildman–Crippen LogP) is 4.64. The van der Waals surface area contributed by atoms with Gasteiger partial charge in [-0.05, 0) is 49.7 Å². The minimum Gasteiger partial charge on any atom is -0.355 e. The lowest BCUT2D eigenvalue weighted by Crippen LogP contribution is -2.48. The normalized spacial score (nSPS) is 11.7. The molecule has 144 valence electrons. The van der Waals surface area contributed by atoms with Crippen molar-refractivity contribution in [2.24, 2.45) is 0 Å². The zero-order valence-corrected chi connectivity index (χ0v) is 17.6. The van der Waals surface area contributed by atoms with Crippen molar-refractivity contribution in [2.45, 2.75) is 31.3 Å². The number of hydrogen-bond donors (Lipinski definition) is 1. The first-order chi connectivity index (χ1) is 12.9. The average molecular weight is 425 g/mol. The summed E-state index contributed by atoms with van der Waals surface area (Å²) in [5.41, 5.74) is 0.806. The van der Waals surface area contributed by atoms with Crippen LogP contribution in [0.25, 0.3) is 0 Å². The minimum atomic E-state index is -0.598. The van der Waals surface area contributed by atoms with Crippen LogP contribution in [0.1, 0.15) is 19.4 Å². The summed E-state index contributed by atoms with van der Waals surface area (Å²) < 4.78 is 0. The second-order valence-electron chi connectivity index (χ2n) is 5.93. The van der Waals surface area contributed by atoms with Crippen LogP contribution >= 0.6 is 35.0 Å². The first-order valence-corrected chi connectivity index (χ1v) is 10.4. The van der Waals surface area contributed by atoms with Crippen molar-refractivity contribution in [3.8, 4) is 0 Å². The Morgan fingerprint density at radius 1 is 1.11 bits per heavy atom. The summed E-state index contributed by atoms with van der Waals surface area (Å²) in [5.74, 6) is -0.0986. The Labute approximate surface area is 174 Å². The highest BCUT2D eigenvalue weighted by molar-refractivity contribution is 8.00. The highest BCUT2D eigenvalue weighted by Crippen LogP contribution is 2.23. The molecule has 0 radical (unpaired) electrons. The monoisotopic (exact) mass is 424 g/mol. The maximum Gasteiger partial charge on any atom is 0.242 e. The molecule has 0 spiro atoms. The number of nitrogens with zero attached hydrogens (tertiary/aromatic N) is 1. The predicted molar refractivity (Wildman–Crippen MR) is 112 cm³/mol. The van der Waals surface area contributed by atoms with Gasteiger partial charge in [0.15, 0.2) is 0 Å². The lowest BCUT2D eigenvalue weighted by molar-refractivity contribution is -0.138. The van der Waals surface area contributed by atoms with Gasteiger partial charge in [0.25, 0.3) is 0 Å². The molecule has 0 unspecified atom stereocenters. The summed E-state index contributed by atoms with van der Waals surface area (Å²) in [6, 6.07) is 14.0. The van der Waals surface area contributed by atoms with Gasteiger partial charge in [-0.3, -0.25) is 9.59 Å². The molecule has 1 N–H and O–H groups in total. The number of amides is 2. The zero-order chi connectivity index (χ0) is 19.8. The van der Waals surface area contributed by atoms with Crippen molar-refractivity contribution in [2.75, 3.05) is 12.3 Å². The number of carbonyl (C=O) groups is 2.